The van der Waals surface area contributed by atoms with Crippen molar-refractivity contribution >= 4 is 22.8 Å². The highest BCUT2D eigenvalue weighted by molar-refractivity contribution is 5.84. The number of aromatic nitrogens is 1. The normalized spacial score (nSPS) is 26.0. The minimum atomic E-state index is -2.27. The fraction of sp³-hybridized carbons (Fsp3) is 0.458. The van der Waals surface area contributed by atoms with E-state index in [0.717, 1.165) is 41.7 Å². The second-order valence-electron chi connectivity index (χ2n) is 8.54. The van der Waals surface area contributed by atoms with Crippen LogP contribution in [0.15, 0.2) is 43.1 Å². The Bertz CT molecular complexity index is 1030. The maximum absolute atomic E-state index is 11.2. The number of aliphatic carboxylic acids is 2. The van der Waals surface area contributed by atoms with Crippen LogP contribution in [0.2, 0.25) is 0 Å². The van der Waals surface area contributed by atoms with Crippen LogP contribution >= 0.6 is 0 Å². The molecule has 4 heterocycles. The first-order valence-corrected chi connectivity index (χ1v) is 11.0. The topological polar surface area (TPSA) is 161 Å². The predicted molar refractivity (Wildman–Crippen MR) is 122 cm³/mol. The highest BCUT2D eigenvalue weighted by atomic mass is 16.5. The molecular formula is C24H30N2O8. The van der Waals surface area contributed by atoms with E-state index in [-0.39, 0.29) is 6.04 Å². The molecule has 5 rings (SSSR count). The number of aliphatic hydroxyl groups is 3. The van der Waals surface area contributed by atoms with Gasteiger partial charge in [-0.1, -0.05) is 6.08 Å². The van der Waals surface area contributed by atoms with Crippen molar-refractivity contribution in [1.82, 2.24) is 9.88 Å². The molecule has 184 valence electrons. The first-order chi connectivity index (χ1) is 16.2. The molecule has 0 aliphatic carbocycles. The van der Waals surface area contributed by atoms with E-state index in [1.54, 1.807) is 13.3 Å². The minimum absolute atomic E-state index is 0.178. The average molecular weight is 475 g/mol. The molecule has 1 unspecified atom stereocenters. The molecule has 2 bridgehead atoms. The van der Waals surface area contributed by atoms with Gasteiger partial charge in [0.05, 0.1) is 18.7 Å². The van der Waals surface area contributed by atoms with Crippen LogP contribution in [0, 0.1) is 11.8 Å². The Kier molecular flexibility index (Phi) is 8.21. The lowest BCUT2D eigenvalue weighted by atomic mass is 9.73. The largest absolute Gasteiger partial charge is 0.497 e. The van der Waals surface area contributed by atoms with Gasteiger partial charge in [0.15, 0.2) is 12.2 Å². The van der Waals surface area contributed by atoms with Crippen LogP contribution in [0.5, 0.6) is 5.75 Å². The van der Waals surface area contributed by atoms with Crippen LogP contribution in [0.4, 0.5) is 0 Å². The Hall–Kier alpha value is -3.05. The van der Waals surface area contributed by atoms with Gasteiger partial charge in [-0.25, -0.2) is 9.59 Å². The summed E-state index contributed by atoms with van der Waals surface area (Å²) in [6.45, 7) is 6.07. The molecule has 10 heteroatoms. The molecular weight excluding hydrogens is 444 g/mol. The Labute approximate surface area is 196 Å². The lowest BCUT2D eigenvalue weighted by Crippen LogP contribution is -2.54. The van der Waals surface area contributed by atoms with Gasteiger partial charge >= 0.3 is 11.9 Å². The van der Waals surface area contributed by atoms with Gasteiger partial charge in [-0.3, -0.25) is 9.88 Å². The number of hydrogen-bond donors (Lipinski definition) is 5. The van der Waals surface area contributed by atoms with Crippen molar-refractivity contribution in [3.8, 4) is 5.75 Å². The number of carboxylic acids is 2. The molecule has 2 aromatic rings. The van der Waals surface area contributed by atoms with Gasteiger partial charge in [0.2, 0.25) is 0 Å². The fourth-order valence-electron chi connectivity index (χ4n) is 4.71. The monoisotopic (exact) mass is 474 g/mol. The third kappa shape index (κ3) is 5.36. The van der Waals surface area contributed by atoms with E-state index >= 15 is 0 Å². The molecule has 3 aliphatic heterocycles. The molecule has 3 saturated heterocycles. The van der Waals surface area contributed by atoms with Crippen LogP contribution in [0.25, 0.3) is 10.9 Å². The van der Waals surface area contributed by atoms with Gasteiger partial charge < -0.3 is 30.3 Å². The predicted octanol–water partition coefficient (Wildman–Crippen LogP) is 1.05. The number of pyridine rings is 1. The molecule has 3 fully saturated rings. The van der Waals surface area contributed by atoms with Crippen LogP contribution < -0.4 is 4.74 Å². The number of ether oxygens (including phenoxy) is 1. The lowest BCUT2D eigenvalue weighted by Gasteiger charge is -2.50. The molecule has 0 amide bonds. The summed E-state index contributed by atoms with van der Waals surface area (Å²) in [6.07, 6.45) is 1.09. The van der Waals surface area contributed by atoms with Gasteiger partial charge in [0, 0.05) is 24.2 Å². The standard InChI is InChI=1S/C20H24N2O2.C4H6O6/c1-3-13-12-22-9-7-14(13)10-19(22)20(23)16-6-8-21-18-5-4-15(24-2)11-17(16)18;5-1(3(7)8)2(6)4(9)10/h3-6,8,11,13-14,19-20,23H,1,7,9-10,12H2,2H3;1-2,5-6H,(H,7,8)(H,9,10)/t13-,14-,19-,20+;1-,2-/m01/s1. The van der Waals surface area contributed by atoms with Gasteiger partial charge in [0.1, 0.15) is 5.75 Å². The van der Waals surface area contributed by atoms with Gasteiger partial charge in [-0.2, -0.15) is 0 Å². The molecule has 34 heavy (non-hydrogen) atoms. The first kappa shape index (κ1) is 25.6. The SMILES string of the molecule is C=C[C@H]1CN2CC[C@H]1C[C@H]2[C@H](O)c1ccnc2ccc(OC)cc12.O=C(O)[C@H](O)[C@@H](O)C(=O)O. The molecule has 1 aromatic heterocycles. The van der Waals surface area contributed by atoms with Gasteiger partial charge in [-0.15, -0.1) is 6.58 Å². The molecule has 1 aromatic carbocycles. The first-order valence-electron chi connectivity index (χ1n) is 11.0. The Balaban J connectivity index is 0.000000277. The summed E-state index contributed by atoms with van der Waals surface area (Å²) in [5.74, 6) is -1.53. The quantitative estimate of drug-likeness (QED) is 0.367. The Morgan fingerprint density at radius 1 is 1.18 bits per heavy atom. The fourth-order valence-corrected chi connectivity index (χ4v) is 4.71. The molecule has 0 spiro atoms. The number of piperidine rings is 3. The van der Waals surface area contributed by atoms with Crippen molar-refractivity contribution in [3.05, 3.63) is 48.7 Å². The summed E-state index contributed by atoms with van der Waals surface area (Å²) >= 11 is 0. The van der Waals surface area contributed by atoms with Crippen molar-refractivity contribution in [1.29, 1.82) is 0 Å². The van der Waals surface area contributed by atoms with E-state index in [1.807, 2.05) is 24.3 Å². The summed E-state index contributed by atoms with van der Waals surface area (Å²) in [5, 5.41) is 44.7. The number of fused-ring (bicyclic) bond motifs is 4. The second-order valence-corrected chi connectivity index (χ2v) is 8.54. The molecule has 7 atom stereocenters. The molecule has 0 saturated carbocycles. The van der Waals surface area contributed by atoms with Crippen molar-refractivity contribution in [3.63, 3.8) is 0 Å². The van der Waals surface area contributed by atoms with E-state index in [2.05, 4.69) is 22.5 Å². The molecule has 5 N–H and O–H groups in total. The summed E-state index contributed by atoms with van der Waals surface area (Å²) in [4.78, 5) is 26.4. The summed E-state index contributed by atoms with van der Waals surface area (Å²) in [6, 6.07) is 7.96. The van der Waals surface area contributed by atoms with Crippen LogP contribution in [0.1, 0.15) is 24.5 Å². The van der Waals surface area contributed by atoms with E-state index in [0.29, 0.717) is 11.8 Å². The highest BCUT2D eigenvalue weighted by Gasteiger charge is 2.42. The number of carbonyl (C=O) groups is 2. The van der Waals surface area contributed by atoms with Crippen molar-refractivity contribution in [2.45, 2.75) is 37.2 Å². The van der Waals surface area contributed by atoms with Gasteiger partial charge in [0.25, 0.3) is 0 Å². The summed E-state index contributed by atoms with van der Waals surface area (Å²) in [5.41, 5.74) is 1.85. The average Bonchev–Trinajstić information content (AvgIpc) is 2.86. The highest BCUT2D eigenvalue weighted by Crippen LogP contribution is 2.42. The molecule has 10 nitrogen and oxygen atoms in total. The second kappa shape index (κ2) is 10.9. The van der Waals surface area contributed by atoms with E-state index in [9.17, 15) is 14.7 Å². The van der Waals surface area contributed by atoms with Crippen molar-refractivity contribution in [2.24, 2.45) is 11.8 Å². The van der Waals surface area contributed by atoms with Crippen LogP contribution in [-0.4, -0.2) is 85.8 Å². The molecule has 3 aliphatic rings. The van der Waals surface area contributed by atoms with Crippen LogP contribution in [0.3, 0.4) is 0 Å². The lowest BCUT2D eigenvalue weighted by molar-refractivity contribution is -0.165. The van der Waals surface area contributed by atoms with E-state index in [1.165, 1.54) is 6.42 Å². The van der Waals surface area contributed by atoms with E-state index < -0.39 is 30.3 Å². The number of methoxy groups -OCH3 is 1. The van der Waals surface area contributed by atoms with Crippen molar-refractivity contribution < 1.29 is 39.9 Å². The zero-order chi connectivity index (χ0) is 25.0. The number of nitrogens with zero attached hydrogens (tertiary/aromatic N) is 2. The summed E-state index contributed by atoms with van der Waals surface area (Å²) < 4.78 is 5.35. The zero-order valence-electron chi connectivity index (χ0n) is 18.8. The third-order valence-corrected chi connectivity index (χ3v) is 6.62. The van der Waals surface area contributed by atoms with Gasteiger partial charge in [-0.05, 0) is 61.1 Å². The molecule has 0 radical (unpaired) electrons. The Morgan fingerprint density at radius 2 is 1.85 bits per heavy atom. The van der Waals surface area contributed by atoms with Crippen LogP contribution in [-0.2, 0) is 9.59 Å². The number of benzene rings is 1. The number of hydrogen-bond acceptors (Lipinski definition) is 8. The summed E-state index contributed by atoms with van der Waals surface area (Å²) in [7, 11) is 1.66. The third-order valence-electron chi connectivity index (χ3n) is 6.62. The smallest absolute Gasteiger partial charge is 0.335 e. The minimum Gasteiger partial charge on any atom is -0.497 e. The zero-order valence-corrected chi connectivity index (χ0v) is 18.8. The van der Waals surface area contributed by atoms with E-state index in [4.69, 9.17) is 25.2 Å². The number of rotatable bonds is 7. The number of aliphatic hydroxyl groups excluding tert-OH is 3. The number of carboxylic acid groups (broad SMARTS) is 2. The van der Waals surface area contributed by atoms with Crippen molar-refractivity contribution in [2.75, 3.05) is 20.2 Å². The maximum atomic E-state index is 11.2. The Morgan fingerprint density at radius 3 is 2.38 bits per heavy atom. The maximum Gasteiger partial charge on any atom is 0.335 e.